The summed E-state index contributed by atoms with van der Waals surface area (Å²) in [5, 5.41) is 1.99. The van der Waals surface area contributed by atoms with Crippen LogP contribution in [0.25, 0.3) is 22.4 Å². The van der Waals surface area contributed by atoms with Gasteiger partial charge >= 0.3 is 0 Å². The summed E-state index contributed by atoms with van der Waals surface area (Å²) < 4.78 is 3.50. The second kappa shape index (κ2) is 5.16. The van der Waals surface area contributed by atoms with Crippen molar-refractivity contribution in [2.24, 2.45) is 7.05 Å². The molecule has 0 unspecified atom stereocenters. The van der Waals surface area contributed by atoms with E-state index in [4.69, 9.17) is 11.6 Å². The van der Waals surface area contributed by atoms with Crippen molar-refractivity contribution in [3.63, 3.8) is 0 Å². The molecule has 0 aliphatic rings. The Morgan fingerprint density at radius 1 is 1.00 bits per heavy atom. The van der Waals surface area contributed by atoms with Crippen LogP contribution in [-0.2, 0) is 7.05 Å². The van der Waals surface area contributed by atoms with E-state index < -0.39 is 0 Å². The van der Waals surface area contributed by atoms with Gasteiger partial charge in [0.25, 0.3) is 5.01 Å². The highest BCUT2D eigenvalue weighted by molar-refractivity contribution is 7.18. The summed E-state index contributed by atoms with van der Waals surface area (Å²) in [6, 6.07) is 16.3. The largest absolute Gasteiger partial charge is 0.262 e. The first-order chi connectivity index (χ1) is 9.25. The summed E-state index contributed by atoms with van der Waals surface area (Å²) in [4.78, 5) is 0. The van der Waals surface area contributed by atoms with Gasteiger partial charge in [-0.3, -0.25) is 0 Å². The lowest BCUT2D eigenvalue weighted by Crippen LogP contribution is -2.28. The standard InChI is InChI=1S/C16H13ClNS/c1-18-14-8-4-5-9-15(14)19-16(18)11-10-12-6-2-3-7-13(12)17/h2-11H,1H3/q+1/b11-10+. The van der Waals surface area contributed by atoms with E-state index in [0.29, 0.717) is 0 Å². The van der Waals surface area contributed by atoms with Crippen molar-refractivity contribution < 1.29 is 4.57 Å². The lowest BCUT2D eigenvalue weighted by Gasteiger charge is -1.94. The quantitative estimate of drug-likeness (QED) is 0.609. The molecule has 0 saturated heterocycles. The number of aryl methyl sites for hydroxylation is 1. The van der Waals surface area contributed by atoms with Crippen LogP contribution in [0.3, 0.4) is 0 Å². The molecule has 0 spiro atoms. The van der Waals surface area contributed by atoms with Gasteiger partial charge in [0.2, 0.25) is 5.52 Å². The Morgan fingerprint density at radius 2 is 1.74 bits per heavy atom. The SMILES string of the molecule is C[n+]1c(/C=C/c2ccccc2Cl)sc2ccccc21. The van der Waals surface area contributed by atoms with E-state index in [9.17, 15) is 0 Å². The number of rotatable bonds is 2. The second-order valence-corrected chi connectivity index (χ2v) is 5.79. The molecule has 1 heterocycles. The minimum Gasteiger partial charge on any atom is -0.185 e. The highest BCUT2D eigenvalue weighted by Gasteiger charge is 2.13. The molecule has 0 saturated carbocycles. The molecular weight excluding hydrogens is 274 g/mol. The summed E-state index contributed by atoms with van der Waals surface area (Å²) in [6.07, 6.45) is 4.18. The summed E-state index contributed by atoms with van der Waals surface area (Å²) >= 11 is 7.94. The molecule has 1 aromatic heterocycles. The van der Waals surface area contributed by atoms with E-state index in [1.54, 1.807) is 11.3 Å². The molecular formula is C16H13ClNS+. The van der Waals surface area contributed by atoms with Crippen LogP contribution in [0.4, 0.5) is 0 Å². The second-order valence-electron chi connectivity index (χ2n) is 4.32. The monoisotopic (exact) mass is 286 g/mol. The highest BCUT2D eigenvalue weighted by atomic mass is 35.5. The number of halogens is 1. The summed E-state index contributed by atoms with van der Waals surface area (Å²) in [5.74, 6) is 0. The average molecular weight is 287 g/mol. The normalized spacial score (nSPS) is 11.5. The zero-order chi connectivity index (χ0) is 13.2. The molecule has 3 rings (SSSR count). The maximum atomic E-state index is 6.15. The maximum absolute atomic E-state index is 6.15. The van der Waals surface area contributed by atoms with Crippen molar-refractivity contribution in [1.29, 1.82) is 0 Å². The van der Waals surface area contributed by atoms with Gasteiger partial charge in [-0.1, -0.05) is 53.3 Å². The number of hydrogen-bond acceptors (Lipinski definition) is 1. The van der Waals surface area contributed by atoms with Crippen LogP contribution in [-0.4, -0.2) is 0 Å². The summed E-state index contributed by atoms with van der Waals surface area (Å²) in [5.41, 5.74) is 2.30. The van der Waals surface area contributed by atoms with Gasteiger partial charge in [-0.2, -0.15) is 4.57 Å². The smallest absolute Gasteiger partial charge is 0.185 e. The molecule has 0 atom stereocenters. The van der Waals surface area contributed by atoms with E-state index >= 15 is 0 Å². The zero-order valence-electron chi connectivity index (χ0n) is 10.5. The van der Waals surface area contributed by atoms with Crippen LogP contribution in [0.5, 0.6) is 0 Å². The molecule has 0 radical (unpaired) electrons. The van der Waals surface area contributed by atoms with Crippen LogP contribution < -0.4 is 4.57 Å². The van der Waals surface area contributed by atoms with E-state index in [0.717, 1.165) is 10.6 Å². The third kappa shape index (κ3) is 2.42. The summed E-state index contributed by atoms with van der Waals surface area (Å²) in [6.45, 7) is 0. The predicted molar refractivity (Wildman–Crippen MR) is 83.4 cm³/mol. The fourth-order valence-electron chi connectivity index (χ4n) is 2.04. The number of para-hydroxylation sites is 1. The number of thiazole rings is 1. The Kier molecular flexibility index (Phi) is 3.36. The minimum absolute atomic E-state index is 0.780. The molecule has 1 nitrogen and oxygen atoms in total. The highest BCUT2D eigenvalue weighted by Crippen LogP contribution is 2.22. The van der Waals surface area contributed by atoms with Crippen LogP contribution >= 0.6 is 22.9 Å². The average Bonchev–Trinajstić information content (AvgIpc) is 2.75. The molecule has 3 aromatic rings. The van der Waals surface area contributed by atoms with Gasteiger partial charge in [0, 0.05) is 17.2 Å². The first-order valence-electron chi connectivity index (χ1n) is 6.06. The third-order valence-electron chi connectivity index (χ3n) is 3.08. The van der Waals surface area contributed by atoms with Crippen molar-refractivity contribution in [1.82, 2.24) is 0 Å². The van der Waals surface area contributed by atoms with Crippen LogP contribution in [0, 0.1) is 0 Å². The van der Waals surface area contributed by atoms with Gasteiger partial charge in [0.15, 0.2) is 0 Å². The molecule has 0 aliphatic carbocycles. The van der Waals surface area contributed by atoms with Crippen molar-refractivity contribution in [2.45, 2.75) is 0 Å². The first kappa shape index (κ1) is 12.4. The van der Waals surface area contributed by atoms with Crippen LogP contribution in [0.1, 0.15) is 10.6 Å². The van der Waals surface area contributed by atoms with Crippen molar-refractivity contribution in [3.8, 4) is 0 Å². The molecule has 94 valence electrons. The molecule has 0 fully saturated rings. The van der Waals surface area contributed by atoms with Crippen molar-refractivity contribution in [3.05, 3.63) is 64.1 Å². The molecule has 19 heavy (non-hydrogen) atoms. The van der Waals surface area contributed by atoms with E-state index in [-0.39, 0.29) is 0 Å². The Bertz CT molecular complexity index is 758. The molecule has 0 bridgehead atoms. The van der Waals surface area contributed by atoms with Gasteiger partial charge < -0.3 is 0 Å². The number of nitrogens with zero attached hydrogens (tertiary/aromatic N) is 1. The van der Waals surface area contributed by atoms with E-state index in [1.165, 1.54) is 15.2 Å². The van der Waals surface area contributed by atoms with Crippen molar-refractivity contribution >= 4 is 45.3 Å². The molecule has 3 heteroatoms. The maximum Gasteiger partial charge on any atom is 0.262 e. The number of aromatic nitrogens is 1. The predicted octanol–water partition coefficient (Wildman–Crippen LogP) is 4.55. The fourth-order valence-corrected chi connectivity index (χ4v) is 3.29. The Labute approximate surface area is 121 Å². The lowest BCUT2D eigenvalue weighted by molar-refractivity contribution is -0.642. The molecule has 0 amide bonds. The van der Waals surface area contributed by atoms with E-state index in [1.807, 2.05) is 24.3 Å². The summed E-state index contributed by atoms with van der Waals surface area (Å²) in [7, 11) is 2.09. The fraction of sp³-hybridized carbons (Fsp3) is 0.0625. The van der Waals surface area contributed by atoms with Gasteiger partial charge in [0.1, 0.15) is 11.7 Å². The van der Waals surface area contributed by atoms with Crippen LogP contribution in [0.2, 0.25) is 5.02 Å². The Morgan fingerprint density at radius 3 is 2.53 bits per heavy atom. The van der Waals surface area contributed by atoms with Gasteiger partial charge in [-0.25, -0.2) is 0 Å². The minimum atomic E-state index is 0.780. The molecule has 2 aromatic carbocycles. The lowest BCUT2D eigenvalue weighted by atomic mass is 10.2. The Balaban J connectivity index is 2.02. The number of fused-ring (bicyclic) bond motifs is 1. The van der Waals surface area contributed by atoms with Gasteiger partial charge in [0.05, 0.1) is 0 Å². The number of benzene rings is 2. The number of hydrogen-bond donors (Lipinski definition) is 0. The van der Waals surface area contributed by atoms with Gasteiger partial charge in [-0.05, 0) is 23.8 Å². The molecule has 0 aliphatic heterocycles. The van der Waals surface area contributed by atoms with Crippen LogP contribution in [0.15, 0.2) is 48.5 Å². The van der Waals surface area contributed by atoms with Crippen molar-refractivity contribution in [2.75, 3.05) is 0 Å². The Hall–Kier alpha value is -1.64. The third-order valence-corrected chi connectivity index (χ3v) is 4.61. The molecule has 0 N–H and O–H groups in total. The first-order valence-corrected chi connectivity index (χ1v) is 7.25. The van der Waals surface area contributed by atoms with E-state index in [2.05, 4.69) is 48.0 Å². The van der Waals surface area contributed by atoms with Gasteiger partial charge in [-0.15, -0.1) is 0 Å². The zero-order valence-corrected chi connectivity index (χ0v) is 12.1. The topological polar surface area (TPSA) is 3.88 Å².